The monoisotopic (exact) mass is 408 g/mol. The van der Waals surface area contributed by atoms with E-state index in [9.17, 15) is 0 Å². The second kappa shape index (κ2) is 7.59. The van der Waals surface area contributed by atoms with Crippen LogP contribution in [0.25, 0.3) is 0 Å². The lowest BCUT2D eigenvalue weighted by molar-refractivity contribution is 0.282. The quantitative estimate of drug-likeness (QED) is 0.556. The van der Waals surface area contributed by atoms with Crippen molar-refractivity contribution in [1.29, 1.82) is 0 Å². The summed E-state index contributed by atoms with van der Waals surface area (Å²) in [5.41, 5.74) is 1.79. The van der Waals surface area contributed by atoms with Gasteiger partial charge in [-0.05, 0) is 45.8 Å². The van der Waals surface area contributed by atoms with Gasteiger partial charge in [-0.15, -0.1) is 11.6 Å². The molecule has 0 aliphatic carbocycles. The number of benzene rings is 2. The maximum absolute atomic E-state index is 6.13. The third kappa shape index (κ3) is 4.19. The number of hydrogen-bond acceptors (Lipinski definition) is 2. The Morgan fingerprint density at radius 3 is 2.52 bits per heavy atom. The number of ether oxygens (including phenoxy) is 2. The molecule has 2 aromatic rings. The van der Waals surface area contributed by atoms with Gasteiger partial charge in [0.1, 0.15) is 6.61 Å². The number of alkyl halides is 1. The van der Waals surface area contributed by atoms with E-state index in [4.69, 9.17) is 44.3 Å². The number of rotatable bonds is 5. The van der Waals surface area contributed by atoms with Gasteiger partial charge in [0, 0.05) is 21.5 Å². The smallest absolute Gasteiger partial charge is 0.175 e. The van der Waals surface area contributed by atoms with E-state index in [1.54, 1.807) is 19.2 Å². The first-order valence-electron chi connectivity index (χ1n) is 6.04. The van der Waals surface area contributed by atoms with Crippen molar-refractivity contribution in [3.63, 3.8) is 0 Å². The van der Waals surface area contributed by atoms with Gasteiger partial charge in [0.25, 0.3) is 0 Å². The Morgan fingerprint density at radius 1 is 1.14 bits per heavy atom. The highest BCUT2D eigenvalue weighted by Gasteiger charge is 2.12. The van der Waals surface area contributed by atoms with Gasteiger partial charge < -0.3 is 9.47 Å². The summed E-state index contributed by atoms with van der Waals surface area (Å²) in [7, 11) is 1.59. The van der Waals surface area contributed by atoms with E-state index in [-0.39, 0.29) is 0 Å². The third-order valence-corrected chi connectivity index (χ3v) is 4.32. The molecule has 2 nitrogen and oxygen atoms in total. The summed E-state index contributed by atoms with van der Waals surface area (Å²) in [5.74, 6) is 1.63. The zero-order chi connectivity index (χ0) is 15.4. The molecule has 0 saturated carbocycles. The van der Waals surface area contributed by atoms with Crippen LogP contribution < -0.4 is 9.47 Å². The predicted octanol–water partition coefficient (Wildman–Crippen LogP) is 6.08. The van der Waals surface area contributed by atoms with Gasteiger partial charge in [-0.1, -0.05) is 29.3 Å². The number of hydrogen-bond donors (Lipinski definition) is 0. The van der Waals surface area contributed by atoms with Crippen molar-refractivity contribution >= 4 is 50.7 Å². The van der Waals surface area contributed by atoms with Crippen molar-refractivity contribution in [3.05, 3.63) is 56.0 Å². The number of methoxy groups -OCH3 is 1. The summed E-state index contributed by atoms with van der Waals surface area (Å²) in [6.07, 6.45) is 0. The lowest BCUT2D eigenvalue weighted by atomic mass is 10.2. The van der Waals surface area contributed by atoms with Gasteiger partial charge in [0.2, 0.25) is 0 Å². The summed E-state index contributed by atoms with van der Waals surface area (Å²) in [5, 5.41) is 1.16. The molecule has 0 fully saturated rings. The first-order valence-corrected chi connectivity index (χ1v) is 8.12. The van der Waals surface area contributed by atoms with Gasteiger partial charge in [0.15, 0.2) is 11.5 Å². The topological polar surface area (TPSA) is 18.5 Å². The van der Waals surface area contributed by atoms with Crippen molar-refractivity contribution in [2.45, 2.75) is 12.5 Å². The summed E-state index contributed by atoms with van der Waals surface area (Å²) >= 11 is 21.3. The molecule has 0 amide bonds. The predicted molar refractivity (Wildman–Crippen MR) is 91.0 cm³/mol. The van der Waals surface area contributed by atoms with Crippen molar-refractivity contribution in [2.75, 3.05) is 7.11 Å². The molecule has 0 aliphatic heterocycles. The molecule has 0 atom stereocenters. The second-order valence-corrected chi connectivity index (χ2v) is 6.23. The minimum Gasteiger partial charge on any atom is -0.493 e. The van der Waals surface area contributed by atoms with E-state index in [1.165, 1.54) is 0 Å². The molecule has 0 saturated heterocycles. The van der Waals surface area contributed by atoms with E-state index < -0.39 is 0 Å². The average Bonchev–Trinajstić information content (AvgIpc) is 2.46. The molecular weight excluding hydrogens is 398 g/mol. The van der Waals surface area contributed by atoms with Crippen molar-refractivity contribution < 1.29 is 9.47 Å². The lowest BCUT2D eigenvalue weighted by Gasteiger charge is -2.14. The summed E-state index contributed by atoms with van der Waals surface area (Å²) in [6, 6.07) is 9.03. The lowest BCUT2D eigenvalue weighted by Crippen LogP contribution is -2.00. The van der Waals surface area contributed by atoms with Crippen LogP contribution in [0.3, 0.4) is 0 Å². The molecule has 112 valence electrons. The molecule has 21 heavy (non-hydrogen) atoms. The zero-order valence-corrected chi connectivity index (χ0v) is 15.0. The Hall–Kier alpha value is -0.610. The van der Waals surface area contributed by atoms with Crippen LogP contribution in [0.2, 0.25) is 10.0 Å². The van der Waals surface area contributed by atoms with E-state index in [1.807, 2.05) is 18.2 Å². The molecule has 0 unspecified atom stereocenters. The first-order chi connectivity index (χ1) is 10.0. The SMILES string of the molecule is COc1cc(CCl)cc(Br)c1OCc1ccc(Cl)cc1Cl. The van der Waals surface area contributed by atoms with Gasteiger partial charge in [-0.25, -0.2) is 0 Å². The minimum atomic E-state index is 0.311. The highest BCUT2D eigenvalue weighted by molar-refractivity contribution is 9.10. The normalized spacial score (nSPS) is 10.5. The second-order valence-electron chi connectivity index (χ2n) is 4.27. The van der Waals surface area contributed by atoms with E-state index in [2.05, 4.69) is 15.9 Å². The molecule has 0 bridgehead atoms. The minimum absolute atomic E-state index is 0.311. The fraction of sp³-hybridized carbons (Fsp3) is 0.200. The first kappa shape index (κ1) is 16.8. The van der Waals surface area contributed by atoms with E-state index in [0.717, 1.165) is 15.6 Å². The van der Waals surface area contributed by atoms with Crippen LogP contribution in [-0.2, 0) is 12.5 Å². The van der Waals surface area contributed by atoms with Gasteiger partial charge in [-0.3, -0.25) is 0 Å². The highest BCUT2D eigenvalue weighted by atomic mass is 79.9. The Balaban J connectivity index is 2.23. The van der Waals surface area contributed by atoms with Crippen molar-refractivity contribution in [1.82, 2.24) is 0 Å². The summed E-state index contributed by atoms with van der Waals surface area (Å²) in [4.78, 5) is 0. The summed E-state index contributed by atoms with van der Waals surface area (Å²) in [6.45, 7) is 0.311. The Morgan fingerprint density at radius 2 is 1.90 bits per heavy atom. The molecule has 0 radical (unpaired) electrons. The van der Waals surface area contributed by atoms with Crippen molar-refractivity contribution in [3.8, 4) is 11.5 Å². The highest BCUT2D eigenvalue weighted by Crippen LogP contribution is 2.38. The Bertz CT molecular complexity index is 647. The van der Waals surface area contributed by atoms with E-state index in [0.29, 0.717) is 34.0 Å². The Labute approximate surface area is 147 Å². The Kier molecular flexibility index (Phi) is 6.06. The van der Waals surface area contributed by atoms with Crippen molar-refractivity contribution in [2.24, 2.45) is 0 Å². The maximum atomic E-state index is 6.13. The summed E-state index contributed by atoms with van der Waals surface area (Å²) < 4.78 is 11.9. The van der Waals surface area contributed by atoms with Gasteiger partial charge in [-0.2, -0.15) is 0 Å². The average molecular weight is 411 g/mol. The largest absolute Gasteiger partial charge is 0.493 e. The van der Waals surface area contributed by atoms with Crippen LogP contribution in [0.15, 0.2) is 34.8 Å². The molecule has 0 aromatic heterocycles. The van der Waals surface area contributed by atoms with E-state index >= 15 is 0 Å². The van der Waals surface area contributed by atoms with Crippen LogP contribution >= 0.6 is 50.7 Å². The molecule has 0 heterocycles. The zero-order valence-electron chi connectivity index (χ0n) is 11.1. The van der Waals surface area contributed by atoms with Crippen LogP contribution in [0.1, 0.15) is 11.1 Å². The molecule has 0 spiro atoms. The molecule has 6 heteroatoms. The molecular formula is C15H12BrCl3O2. The fourth-order valence-corrected chi connectivity index (χ4v) is 3.00. The molecule has 0 N–H and O–H groups in total. The fourth-order valence-electron chi connectivity index (χ4n) is 1.78. The number of halogens is 4. The van der Waals surface area contributed by atoms with Crippen LogP contribution in [-0.4, -0.2) is 7.11 Å². The van der Waals surface area contributed by atoms with Gasteiger partial charge in [0.05, 0.1) is 11.6 Å². The van der Waals surface area contributed by atoms with Crippen LogP contribution in [0.4, 0.5) is 0 Å². The molecule has 2 rings (SSSR count). The molecule has 2 aromatic carbocycles. The third-order valence-electron chi connectivity index (χ3n) is 2.83. The van der Waals surface area contributed by atoms with Crippen LogP contribution in [0, 0.1) is 0 Å². The maximum Gasteiger partial charge on any atom is 0.175 e. The standard InChI is InChI=1S/C15H12BrCl3O2/c1-20-14-5-9(7-17)4-12(16)15(14)21-8-10-2-3-11(18)6-13(10)19/h2-6H,7-8H2,1H3. The molecule has 0 aliphatic rings. The van der Waals surface area contributed by atoms with Crippen LogP contribution in [0.5, 0.6) is 11.5 Å². The van der Waals surface area contributed by atoms with Gasteiger partial charge >= 0.3 is 0 Å².